The molecule has 0 unspecified atom stereocenters. The van der Waals surface area contributed by atoms with Crippen LogP contribution in [-0.2, 0) is 4.79 Å². The fourth-order valence-corrected chi connectivity index (χ4v) is 2.11. The molecule has 1 aromatic carbocycles. The van der Waals surface area contributed by atoms with Crippen molar-refractivity contribution in [2.24, 2.45) is 0 Å². The molecule has 0 saturated carbocycles. The lowest BCUT2D eigenvalue weighted by Crippen LogP contribution is -2.28. The summed E-state index contributed by atoms with van der Waals surface area (Å²) >= 11 is 3.50. The van der Waals surface area contributed by atoms with Crippen molar-refractivity contribution in [3.05, 3.63) is 28.2 Å². The summed E-state index contributed by atoms with van der Waals surface area (Å²) < 4.78 is 1.08. The van der Waals surface area contributed by atoms with Gasteiger partial charge in [0.05, 0.1) is 0 Å². The van der Waals surface area contributed by atoms with Crippen LogP contribution in [0.4, 0.5) is 5.69 Å². The summed E-state index contributed by atoms with van der Waals surface area (Å²) in [5.74, 6) is 0.0995. The number of anilines is 1. The van der Waals surface area contributed by atoms with Crippen molar-refractivity contribution >= 4 is 27.5 Å². The molecule has 0 radical (unpaired) electrons. The molecule has 4 nitrogen and oxygen atoms in total. The maximum Gasteiger partial charge on any atom is 0.221 e. The zero-order chi connectivity index (χ0) is 15.0. The molecular weight excluding hydrogens is 318 g/mol. The number of carbonyl (C=O) groups excluding carboxylic acids is 1. The topological polar surface area (TPSA) is 44.4 Å². The number of carbonyl (C=O) groups is 1. The van der Waals surface area contributed by atoms with Crippen molar-refractivity contribution in [3.63, 3.8) is 0 Å². The van der Waals surface area contributed by atoms with Crippen LogP contribution >= 0.6 is 15.9 Å². The molecule has 0 atom stereocenters. The van der Waals surface area contributed by atoms with Crippen LogP contribution in [-0.4, -0.2) is 44.5 Å². The first-order valence-corrected chi connectivity index (χ1v) is 7.70. The van der Waals surface area contributed by atoms with Crippen molar-refractivity contribution in [3.8, 4) is 0 Å². The highest BCUT2D eigenvalue weighted by atomic mass is 79.9. The number of nitrogens with one attached hydrogen (secondary N) is 2. The lowest BCUT2D eigenvalue weighted by Gasteiger charge is -2.10. The average Bonchev–Trinajstić information content (AvgIpc) is 2.39. The molecule has 1 amide bonds. The zero-order valence-electron chi connectivity index (χ0n) is 12.5. The fourth-order valence-electron chi connectivity index (χ4n) is 1.73. The number of amides is 1. The van der Waals surface area contributed by atoms with E-state index >= 15 is 0 Å². The van der Waals surface area contributed by atoms with Crippen molar-refractivity contribution in [2.75, 3.05) is 39.0 Å². The molecule has 0 aliphatic rings. The molecule has 20 heavy (non-hydrogen) atoms. The molecule has 0 aromatic heterocycles. The van der Waals surface area contributed by atoms with E-state index in [-0.39, 0.29) is 5.91 Å². The number of halogens is 1. The van der Waals surface area contributed by atoms with E-state index in [0.29, 0.717) is 13.0 Å². The number of hydrogen-bond donors (Lipinski definition) is 2. The molecule has 0 aliphatic carbocycles. The number of benzene rings is 1. The van der Waals surface area contributed by atoms with Gasteiger partial charge in [-0.1, -0.05) is 22.0 Å². The summed E-state index contributed by atoms with van der Waals surface area (Å²) in [5, 5.41) is 6.18. The number of nitrogens with zero attached hydrogens (tertiary/aromatic N) is 1. The molecule has 1 aromatic rings. The summed E-state index contributed by atoms with van der Waals surface area (Å²) in [6.45, 7) is 4.44. The first kappa shape index (κ1) is 17.0. The average molecular weight is 342 g/mol. The first-order chi connectivity index (χ1) is 9.49. The number of hydrogen-bond acceptors (Lipinski definition) is 3. The Morgan fingerprint density at radius 1 is 1.30 bits per heavy atom. The third kappa shape index (κ3) is 6.91. The van der Waals surface area contributed by atoms with E-state index in [4.69, 9.17) is 0 Å². The van der Waals surface area contributed by atoms with Crippen molar-refractivity contribution in [1.29, 1.82) is 0 Å². The van der Waals surface area contributed by atoms with E-state index in [1.54, 1.807) is 0 Å². The molecule has 2 N–H and O–H groups in total. The predicted molar refractivity (Wildman–Crippen MR) is 88.2 cm³/mol. The van der Waals surface area contributed by atoms with Crippen molar-refractivity contribution in [1.82, 2.24) is 10.2 Å². The highest BCUT2D eigenvalue weighted by Gasteiger charge is 2.01. The molecule has 112 valence electrons. The molecule has 0 saturated heterocycles. The molecule has 0 aliphatic heterocycles. The zero-order valence-corrected chi connectivity index (χ0v) is 14.1. The van der Waals surface area contributed by atoms with E-state index in [0.717, 1.165) is 29.7 Å². The van der Waals surface area contributed by atoms with Gasteiger partial charge in [-0.25, -0.2) is 0 Å². The van der Waals surface area contributed by atoms with Gasteiger partial charge in [-0.05, 0) is 51.7 Å². The van der Waals surface area contributed by atoms with Crippen molar-refractivity contribution < 1.29 is 4.79 Å². The molecule has 1 rings (SSSR count). The minimum atomic E-state index is 0.0995. The van der Waals surface area contributed by atoms with Gasteiger partial charge in [-0.2, -0.15) is 0 Å². The Morgan fingerprint density at radius 2 is 2.05 bits per heavy atom. The number of rotatable bonds is 8. The SMILES string of the molecule is Cc1ccc(NCCC(=O)NCCCN(C)C)cc1Br. The summed E-state index contributed by atoms with van der Waals surface area (Å²) in [4.78, 5) is 13.7. The van der Waals surface area contributed by atoms with E-state index in [9.17, 15) is 4.79 Å². The smallest absolute Gasteiger partial charge is 0.221 e. The third-order valence-corrected chi connectivity index (χ3v) is 3.81. The van der Waals surface area contributed by atoms with Gasteiger partial charge >= 0.3 is 0 Å². The van der Waals surface area contributed by atoms with Crippen LogP contribution in [0.3, 0.4) is 0 Å². The summed E-state index contributed by atoms with van der Waals surface area (Å²) in [5.41, 5.74) is 2.23. The van der Waals surface area contributed by atoms with Crippen LogP contribution in [0.2, 0.25) is 0 Å². The highest BCUT2D eigenvalue weighted by molar-refractivity contribution is 9.10. The summed E-state index contributed by atoms with van der Waals surface area (Å²) in [6, 6.07) is 6.10. The molecule has 0 spiro atoms. The fraction of sp³-hybridized carbons (Fsp3) is 0.533. The molecule has 5 heteroatoms. The minimum Gasteiger partial charge on any atom is -0.384 e. The van der Waals surface area contributed by atoms with Crippen LogP contribution < -0.4 is 10.6 Å². The molecule has 0 heterocycles. The molecule has 0 fully saturated rings. The van der Waals surface area contributed by atoms with Gasteiger partial charge in [-0.15, -0.1) is 0 Å². The lowest BCUT2D eigenvalue weighted by atomic mass is 10.2. The second-order valence-electron chi connectivity index (χ2n) is 5.15. The Labute approximate surface area is 130 Å². The van der Waals surface area contributed by atoms with Gasteiger partial charge in [0.1, 0.15) is 0 Å². The van der Waals surface area contributed by atoms with E-state index in [1.165, 1.54) is 5.56 Å². The van der Waals surface area contributed by atoms with Gasteiger partial charge in [0.15, 0.2) is 0 Å². The second-order valence-corrected chi connectivity index (χ2v) is 6.00. The Kier molecular flexibility index (Phi) is 7.62. The largest absolute Gasteiger partial charge is 0.384 e. The van der Waals surface area contributed by atoms with Gasteiger partial charge in [0.25, 0.3) is 0 Å². The Balaban J connectivity index is 2.16. The minimum absolute atomic E-state index is 0.0995. The first-order valence-electron chi connectivity index (χ1n) is 6.90. The normalized spacial score (nSPS) is 10.7. The van der Waals surface area contributed by atoms with Crippen LogP contribution in [0.25, 0.3) is 0 Å². The highest BCUT2D eigenvalue weighted by Crippen LogP contribution is 2.20. The Bertz CT molecular complexity index is 435. The van der Waals surface area contributed by atoms with Gasteiger partial charge in [0.2, 0.25) is 5.91 Å². The molecule has 0 bridgehead atoms. The van der Waals surface area contributed by atoms with Crippen LogP contribution in [0.5, 0.6) is 0 Å². The number of aryl methyl sites for hydroxylation is 1. The summed E-state index contributed by atoms with van der Waals surface area (Å²) in [7, 11) is 4.07. The lowest BCUT2D eigenvalue weighted by molar-refractivity contribution is -0.120. The maximum absolute atomic E-state index is 11.6. The quantitative estimate of drug-likeness (QED) is 0.714. The maximum atomic E-state index is 11.6. The molecular formula is C15H24BrN3O. The van der Waals surface area contributed by atoms with Gasteiger partial charge in [0, 0.05) is 29.7 Å². The summed E-state index contributed by atoms with van der Waals surface area (Å²) in [6.07, 6.45) is 1.48. The van der Waals surface area contributed by atoms with E-state index in [2.05, 4.69) is 38.4 Å². The van der Waals surface area contributed by atoms with E-state index < -0.39 is 0 Å². The van der Waals surface area contributed by atoms with E-state index in [1.807, 2.05) is 32.3 Å². The van der Waals surface area contributed by atoms with Crippen molar-refractivity contribution in [2.45, 2.75) is 19.8 Å². The standard InChI is InChI=1S/C15H24BrN3O/c1-12-5-6-13(11-14(12)16)17-9-7-15(20)18-8-4-10-19(2)3/h5-6,11,17H,4,7-10H2,1-3H3,(H,18,20). The predicted octanol–water partition coefficient (Wildman–Crippen LogP) is 2.63. The monoisotopic (exact) mass is 341 g/mol. The van der Waals surface area contributed by atoms with Crippen LogP contribution in [0, 0.1) is 6.92 Å². The Hall–Kier alpha value is -1.07. The Morgan fingerprint density at radius 3 is 2.70 bits per heavy atom. The second kappa shape index (κ2) is 8.97. The van der Waals surface area contributed by atoms with Gasteiger partial charge < -0.3 is 15.5 Å². The van der Waals surface area contributed by atoms with Crippen LogP contribution in [0.15, 0.2) is 22.7 Å². The third-order valence-electron chi connectivity index (χ3n) is 2.96. The van der Waals surface area contributed by atoms with Gasteiger partial charge in [-0.3, -0.25) is 4.79 Å². The van der Waals surface area contributed by atoms with Crippen LogP contribution in [0.1, 0.15) is 18.4 Å².